The molecule has 1 rings (SSSR count). The van der Waals surface area contributed by atoms with Gasteiger partial charge >= 0.3 is 5.97 Å². The van der Waals surface area contributed by atoms with E-state index in [0.717, 1.165) is 24.8 Å². The van der Waals surface area contributed by atoms with Crippen molar-refractivity contribution in [1.29, 1.82) is 0 Å². The van der Waals surface area contributed by atoms with Crippen molar-refractivity contribution in [3.8, 4) is 0 Å². The smallest absolute Gasteiger partial charge is 0.307 e. The Morgan fingerprint density at radius 2 is 2.00 bits per heavy atom. The topological polar surface area (TPSA) is 49.3 Å². The molecule has 0 aromatic rings. The van der Waals surface area contributed by atoms with E-state index in [-0.39, 0.29) is 5.92 Å². The van der Waals surface area contributed by atoms with Gasteiger partial charge in [-0.3, -0.25) is 4.79 Å². The summed E-state index contributed by atoms with van der Waals surface area (Å²) < 4.78 is 0. The van der Waals surface area contributed by atoms with Gasteiger partial charge in [-0.05, 0) is 43.6 Å². The second-order valence-electron chi connectivity index (χ2n) is 6.63. The van der Waals surface area contributed by atoms with Crippen LogP contribution in [0.2, 0.25) is 0 Å². The molecule has 3 unspecified atom stereocenters. The van der Waals surface area contributed by atoms with E-state index in [4.69, 9.17) is 0 Å². The Labute approximate surface area is 118 Å². The van der Waals surface area contributed by atoms with Crippen molar-refractivity contribution in [1.82, 2.24) is 5.32 Å². The highest BCUT2D eigenvalue weighted by Gasteiger charge is 2.22. The van der Waals surface area contributed by atoms with E-state index in [2.05, 4.69) is 26.1 Å². The van der Waals surface area contributed by atoms with Crippen LogP contribution in [0.3, 0.4) is 0 Å². The highest BCUT2D eigenvalue weighted by atomic mass is 16.4. The summed E-state index contributed by atoms with van der Waals surface area (Å²) in [5.74, 6) is 1.21. The highest BCUT2D eigenvalue weighted by molar-refractivity contribution is 5.70. The maximum atomic E-state index is 11.2. The molecule has 0 aliphatic heterocycles. The molecular formula is C16H31NO2. The minimum absolute atomic E-state index is 0.231. The summed E-state index contributed by atoms with van der Waals surface area (Å²) in [7, 11) is 0. The Balaban J connectivity index is 2.25. The Hall–Kier alpha value is -0.570. The number of rotatable bonds is 8. The van der Waals surface area contributed by atoms with Crippen molar-refractivity contribution < 1.29 is 9.90 Å². The third-order valence-electron chi connectivity index (χ3n) is 4.40. The molecule has 0 amide bonds. The van der Waals surface area contributed by atoms with E-state index in [0.29, 0.717) is 12.5 Å². The number of hydrogen-bond donors (Lipinski definition) is 2. The minimum atomic E-state index is -0.656. The van der Waals surface area contributed by atoms with Gasteiger partial charge in [0.15, 0.2) is 0 Å². The van der Waals surface area contributed by atoms with Crippen LogP contribution in [0.25, 0.3) is 0 Å². The summed E-state index contributed by atoms with van der Waals surface area (Å²) in [5.41, 5.74) is 0. The molecule has 0 spiro atoms. The normalized spacial score (nSPS) is 25.5. The summed E-state index contributed by atoms with van der Waals surface area (Å²) in [6.45, 7) is 8.08. The highest BCUT2D eigenvalue weighted by Crippen LogP contribution is 2.30. The zero-order valence-corrected chi connectivity index (χ0v) is 12.8. The lowest BCUT2D eigenvalue weighted by Gasteiger charge is -2.29. The van der Waals surface area contributed by atoms with E-state index in [1.54, 1.807) is 0 Å². The predicted molar refractivity (Wildman–Crippen MR) is 79.2 cm³/mol. The second-order valence-corrected chi connectivity index (χ2v) is 6.63. The fraction of sp³-hybridized carbons (Fsp3) is 0.938. The molecule has 3 nitrogen and oxygen atoms in total. The van der Waals surface area contributed by atoms with Crippen molar-refractivity contribution in [2.75, 3.05) is 13.1 Å². The van der Waals surface area contributed by atoms with Crippen LogP contribution in [-0.2, 0) is 4.79 Å². The molecule has 0 radical (unpaired) electrons. The lowest BCUT2D eigenvalue weighted by Crippen LogP contribution is -2.34. The number of aliphatic carboxylic acids is 1. The van der Waals surface area contributed by atoms with Crippen molar-refractivity contribution in [2.45, 2.75) is 59.3 Å². The van der Waals surface area contributed by atoms with Gasteiger partial charge in [0.05, 0.1) is 5.92 Å². The molecule has 112 valence electrons. The summed E-state index contributed by atoms with van der Waals surface area (Å²) >= 11 is 0. The molecule has 0 bridgehead atoms. The quantitative estimate of drug-likeness (QED) is 0.708. The lowest BCUT2D eigenvalue weighted by molar-refractivity contribution is -0.142. The number of hydrogen-bond acceptors (Lipinski definition) is 2. The molecule has 1 aliphatic rings. The van der Waals surface area contributed by atoms with Gasteiger partial charge in [0.1, 0.15) is 0 Å². The van der Waals surface area contributed by atoms with E-state index in [1.807, 2.05) is 0 Å². The number of carbonyl (C=O) groups is 1. The molecule has 1 aliphatic carbocycles. The molecule has 3 heteroatoms. The first-order valence-corrected chi connectivity index (χ1v) is 7.96. The zero-order valence-electron chi connectivity index (χ0n) is 12.8. The Morgan fingerprint density at radius 3 is 2.58 bits per heavy atom. The molecule has 0 saturated heterocycles. The van der Waals surface area contributed by atoms with Crippen LogP contribution in [-0.4, -0.2) is 24.2 Å². The van der Waals surface area contributed by atoms with Crippen LogP contribution in [0, 0.1) is 23.7 Å². The van der Waals surface area contributed by atoms with Crippen molar-refractivity contribution in [2.24, 2.45) is 23.7 Å². The van der Waals surface area contributed by atoms with Crippen molar-refractivity contribution in [3.63, 3.8) is 0 Å². The second kappa shape index (κ2) is 8.57. The van der Waals surface area contributed by atoms with Crippen LogP contribution in [0.1, 0.15) is 59.3 Å². The van der Waals surface area contributed by atoms with Gasteiger partial charge in [-0.2, -0.15) is 0 Å². The number of carboxylic acids is 1. The van der Waals surface area contributed by atoms with Gasteiger partial charge in [-0.25, -0.2) is 0 Å². The van der Waals surface area contributed by atoms with E-state index in [1.165, 1.54) is 32.1 Å². The average Bonchev–Trinajstić information content (AvgIpc) is 2.37. The summed E-state index contributed by atoms with van der Waals surface area (Å²) in [4.78, 5) is 11.2. The Morgan fingerprint density at radius 1 is 1.32 bits per heavy atom. The first-order chi connectivity index (χ1) is 9.02. The third-order valence-corrected chi connectivity index (χ3v) is 4.40. The van der Waals surface area contributed by atoms with Crippen LogP contribution < -0.4 is 5.32 Å². The fourth-order valence-electron chi connectivity index (χ4n) is 3.26. The van der Waals surface area contributed by atoms with Gasteiger partial charge in [0, 0.05) is 6.54 Å². The molecule has 1 fully saturated rings. The van der Waals surface area contributed by atoms with Gasteiger partial charge in [-0.1, -0.05) is 40.0 Å². The molecule has 0 heterocycles. The maximum Gasteiger partial charge on any atom is 0.307 e. The Bertz CT molecular complexity index is 265. The summed E-state index contributed by atoms with van der Waals surface area (Å²) in [6.07, 6.45) is 7.43. The van der Waals surface area contributed by atoms with Crippen LogP contribution >= 0.6 is 0 Å². The fourth-order valence-corrected chi connectivity index (χ4v) is 3.26. The summed E-state index contributed by atoms with van der Waals surface area (Å²) in [5, 5.41) is 12.6. The van der Waals surface area contributed by atoms with E-state index < -0.39 is 5.97 Å². The maximum absolute atomic E-state index is 11.2. The van der Waals surface area contributed by atoms with Gasteiger partial charge < -0.3 is 10.4 Å². The van der Waals surface area contributed by atoms with Gasteiger partial charge in [0.2, 0.25) is 0 Å². The molecule has 0 aromatic heterocycles. The standard InChI is InChI=1S/C16H31NO2/c1-4-13-6-5-7-14(9-13)10-17-11-15(16(18)19)8-12(2)3/h12-15,17H,4-11H2,1-3H3,(H,18,19). The predicted octanol–water partition coefficient (Wildman–Crippen LogP) is 3.54. The molecule has 0 aromatic carbocycles. The van der Waals surface area contributed by atoms with Gasteiger partial charge in [0.25, 0.3) is 0 Å². The first-order valence-electron chi connectivity index (χ1n) is 7.96. The minimum Gasteiger partial charge on any atom is -0.481 e. The first kappa shape index (κ1) is 16.5. The zero-order chi connectivity index (χ0) is 14.3. The van der Waals surface area contributed by atoms with Crippen molar-refractivity contribution in [3.05, 3.63) is 0 Å². The van der Waals surface area contributed by atoms with Gasteiger partial charge in [-0.15, -0.1) is 0 Å². The monoisotopic (exact) mass is 269 g/mol. The molecule has 1 saturated carbocycles. The van der Waals surface area contributed by atoms with Crippen molar-refractivity contribution >= 4 is 5.97 Å². The lowest BCUT2D eigenvalue weighted by atomic mass is 9.80. The van der Waals surface area contributed by atoms with Crippen LogP contribution in [0.5, 0.6) is 0 Å². The van der Waals surface area contributed by atoms with E-state index in [9.17, 15) is 9.90 Å². The average molecular weight is 269 g/mol. The van der Waals surface area contributed by atoms with E-state index >= 15 is 0 Å². The summed E-state index contributed by atoms with van der Waals surface area (Å²) in [6, 6.07) is 0. The van der Waals surface area contributed by atoms with Crippen LogP contribution in [0.4, 0.5) is 0 Å². The SMILES string of the molecule is CCC1CCCC(CNCC(CC(C)C)C(=O)O)C1. The van der Waals surface area contributed by atoms with Crippen LogP contribution in [0.15, 0.2) is 0 Å². The largest absolute Gasteiger partial charge is 0.481 e. The Kier molecular flexibility index (Phi) is 7.44. The number of nitrogens with one attached hydrogen (secondary N) is 1. The number of carboxylic acid groups (broad SMARTS) is 1. The molecule has 3 atom stereocenters. The third kappa shape index (κ3) is 6.42. The molecule has 19 heavy (non-hydrogen) atoms. The molecular weight excluding hydrogens is 238 g/mol. The molecule has 2 N–H and O–H groups in total.